The minimum atomic E-state index is -0.335. The first-order chi connectivity index (χ1) is 14.9. The molecular formula is C26H28FNO3. The second kappa shape index (κ2) is 10.1. The maximum Gasteiger partial charge on any atom is 0.306 e. The summed E-state index contributed by atoms with van der Waals surface area (Å²) in [7, 11) is 0. The fourth-order valence-electron chi connectivity index (χ4n) is 3.77. The molecule has 0 fully saturated rings. The lowest BCUT2D eigenvalue weighted by Gasteiger charge is -2.13. The lowest BCUT2D eigenvalue weighted by molar-refractivity contribution is -0.143. The highest BCUT2D eigenvalue weighted by Crippen LogP contribution is 2.31. The Kier molecular flexibility index (Phi) is 7.29. The molecule has 3 aromatic rings. The highest BCUT2D eigenvalue weighted by molar-refractivity contribution is 5.72. The Morgan fingerprint density at radius 3 is 2.48 bits per heavy atom. The van der Waals surface area contributed by atoms with Gasteiger partial charge in [0, 0.05) is 18.7 Å². The van der Waals surface area contributed by atoms with Gasteiger partial charge < -0.3 is 15.2 Å². The van der Waals surface area contributed by atoms with E-state index in [9.17, 15) is 14.3 Å². The van der Waals surface area contributed by atoms with E-state index in [0.29, 0.717) is 30.8 Å². The van der Waals surface area contributed by atoms with E-state index in [1.54, 1.807) is 25.1 Å². The van der Waals surface area contributed by atoms with Crippen LogP contribution in [-0.2, 0) is 22.5 Å². The largest absolute Gasteiger partial charge is 0.508 e. The van der Waals surface area contributed by atoms with Crippen molar-refractivity contribution in [2.45, 2.75) is 40.2 Å². The number of halogens is 1. The van der Waals surface area contributed by atoms with Crippen LogP contribution in [0.3, 0.4) is 0 Å². The highest BCUT2D eigenvalue weighted by Gasteiger charge is 2.10. The van der Waals surface area contributed by atoms with Crippen molar-refractivity contribution >= 4 is 11.7 Å². The lowest BCUT2D eigenvalue weighted by Crippen LogP contribution is -2.06. The van der Waals surface area contributed by atoms with Crippen LogP contribution >= 0.6 is 0 Å². The molecule has 3 aromatic carbocycles. The number of anilines is 1. The van der Waals surface area contributed by atoms with Crippen molar-refractivity contribution in [2.75, 3.05) is 11.9 Å². The molecule has 0 heterocycles. The molecule has 0 atom stereocenters. The normalized spacial score (nSPS) is 10.7. The van der Waals surface area contributed by atoms with Crippen molar-refractivity contribution < 1.29 is 19.0 Å². The summed E-state index contributed by atoms with van der Waals surface area (Å²) in [4.78, 5) is 11.5. The summed E-state index contributed by atoms with van der Waals surface area (Å²) >= 11 is 0. The number of nitrogens with one attached hydrogen (secondary N) is 1. The monoisotopic (exact) mass is 421 g/mol. The van der Waals surface area contributed by atoms with E-state index < -0.39 is 0 Å². The zero-order valence-electron chi connectivity index (χ0n) is 18.2. The molecule has 0 saturated carbocycles. The second-order valence-corrected chi connectivity index (χ2v) is 7.62. The molecule has 0 unspecified atom stereocenters. The van der Waals surface area contributed by atoms with Crippen LogP contribution in [0.15, 0.2) is 54.6 Å². The molecular weight excluding hydrogens is 393 g/mol. The molecule has 3 rings (SSSR count). The Bertz CT molecular complexity index is 1050. The quantitative estimate of drug-likeness (QED) is 0.443. The van der Waals surface area contributed by atoms with E-state index in [1.807, 2.05) is 38.1 Å². The van der Waals surface area contributed by atoms with E-state index in [-0.39, 0.29) is 24.0 Å². The van der Waals surface area contributed by atoms with Crippen molar-refractivity contribution in [3.05, 3.63) is 82.7 Å². The van der Waals surface area contributed by atoms with Gasteiger partial charge in [-0.15, -0.1) is 0 Å². The maximum absolute atomic E-state index is 14.4. The number of rotatable bonds is 8. The Balaban J connectivity index is 1.68. The molecule has 0 aliphatic heterocycles. The molecule has 0 aliphatic rings. The first-order valence-electron chi connectivity index (χ1n) is 10.4. The molecule has 2 N–H and O–H groups in total. The number of carbonyl (C=O) groups excluding carboxylic acids is 1. The van der Waals surface area contributed by atoms with Crippen molar-refractivity contribution in [1.29, 1.82) is 0 Å². The summed E-state index contributed by atoms with van der Waals surface area (Å²) in [5.74, 6) is -0.384. The van der Waals surface area contributed by atoms with Crippen molar-refractivity contribution in [3.8, 4) is 16.9 Å². The third-order valence-electron chi connectivity index (χ3n) is 5.19. The third kappa shape index (κ3) is 5.85. The number of benzene rings is 3. The SMILES string of the molecule is CCOC(=O)CCc1ccc(NCc2cccc(-c3c(C)cc(O)cc3C)c2)cc1F. The van der Waals surface area contributed by atoms with E-state index >= 15 is 0 Å². The first kappa shape index (κ1) is 22.3. The number of carbonyl (C=O) groups is 1. The van der Waals surface area contributed by atoms with Gasteiger partial charge in [0.25, 0.3) is 0 Å². The lowest BCUT2D eigenvalue weighted by atomic mass is 9.94. The zero-order valence-corrected chi connectivity index (χ0v) is 18.2. The fourth-order valence-corrected chi connectivity index (χ4v) is 3.77. The summed E-state index contributed by atoms with van der Waals surface area (Å²) < 4.78 is 19.3. The summed E-state index contributed by atoms with van der Waals surface area (Å²) in [5.41, 5.74) is 6.47. The average molecular weight is 422 g/mol. The van der Waals surface area contributed by atoms with Gasteiger partial charge in [-0.05, 0) is 90.9 Å². The molecule has 5 heteroatoms. The molecule has 0 saturated heterocycles. The van der Waals surface area contributed by atoms with Crippen LogP contribution in [-0.4, -0.2) is 17.7 Å². The van der Waals surface area contributed by atoms with E-state index in [0.717, 1.165) is 27.8 Å². The number of phenolic OH excluding ortho intramolecular Hbond substituents is 1. The second-order valence-electron chi connectivity index (χ2n) is 7.62. The van der Waals surface area contributed by atoms with Crippen LogP contribution in [0, 0.1) is 19.7 Å². The molecule has 4 nitrogen and oxygen atoms in total. The van der Waals surface area contributed by atoms with E-state index in [1.165, 1.54) is 6.07 Å². The minimum Gasteiger partial charge on any atom is -0.508 e. The van der Waals surface area contributed by atoms with E-state index in [2.05, 4.69) is 11.4 Å². The predicted octanol–water partition coefficient (Wildman–Crippen LogP) is 5.92. The molecule has 0 bridgehead atoms. The van der Waals surface area contributed by atoms with Gasteiger partial charge in [-0.1, -0.05) is 24.3 Å². The molecule has 31 heavy (non-hydrogen) atoms. The standard InChI is InChI=1S/C26H28FNO3/c1-4-31-25(30)11-9-20-8-10-22(15-24(20)27)28-16-19-6-5-7-21(14-19)26-17(2)12-23(29)13-18(26)3/h5-8,10,12-15,28-29H,4,9,11,16H2,1-3H3. The van der Waals surface area contributed by atoms with Gasteiger partial charge in [-0.2, -0.15) is 0 Å². The van der Waals surface area contributed by atoms with Gasteiger partial charge in [-0.25, -0.2) is 4.39 Å². The number of aryl methyl sites for hydroxylation is 3. The van der Waals surface area contributed by atoms with Crippen LogP contribution in [0.25, 0.3) is 11.1 Å². The first-order valence-corrected chi connectivity index (χ1v) is 10.4. The predicted molar refractivity (Wildman–Crippen MR) is 122 cm³/mol. The van der Waals surface area contributed by atoms with Crippen molar-refractivity contribution in [3.63, 3.8) is 0 Å². The van der Waals surface area contributed by atoms with Gasteiger partial charge in [0.1, 0.15) is 11.6 Å². The Morgan fingerprint density at radius 2 is 1.81 bits per heavy atom. The molecule has 0 amide bonds. The van der Waals surface area contributed by atoms with E-state index in [4.69, 9.17) is 4.74 Å². The summed E-state index contributed by atoms with van der Waals surface area (Å²) in [6, 6.07) is 16.7. The number of hydrogen-bond acceptors (Lipinski definition) is 4. The van der Waals surface area contributed by atoms with Gasteiger partial charge in [0.15, 0.2) is 0 Å². The number of ether oxygens (including phenoxy) is 1. The Morgan fingerprint density at radius 1 is 1.06 bits per heavy atom. The zero-order chi connectivity index (χ0) is 22.4. The smallest absolute Gasteiger partial charge is 0.306 e. The van der Waals surface area contributed by atoms with Gasteiger partial charge in [-0.3, -0.25) is 4.79 Å². The van der Waals surface area contributed by atoms with Gasteiger partial charge >= 0.3 is 5.97 Å². The van der Waals surface area contributed by atoms with Crippen LogP contribution in [0.1, 0.15) is 35.6 Å². The number of esters is 1. The number of hydrogen-bond donors (Lipinski definition) is 2. The van der Waals surface area contributed by atoms with Crippen LogP contribution < -0.4 is 5.32 Å². The number of phenols is 1. The maximum atomic E-state index is 14.4. The third-order valence-corrected chi connectivity index (χ3v) is 5.19. The fraction of sp³-hybridized carbons (Fsp3) is 0.269. The molecule has 162 valence electrons. The highest BCUT2D eigenvalue weighted by atomic mass is 19.1. The summed E-state index contributed by atoms with van der Waals surface area (Å²) in [5, 5.41) is 13.1. The average Bonchev–Trinajstić information content (AvgIpc) is 2.71. The van der Waals surface area contributed by atoms with Crippen LogP contribution in [0.5, 0.6) is 5.75 Å². The molecule has 0 radical (unpaired) electrons. The number of aromatic hydroxyl groups is 1. The molecule has 0 spiro atoms. The molecule has 0 aromatic heterocycles. The Labute approximate surface area is 182 Å². The van der Waals surface area contributed by atoms with Crippen molar-refractivity contribution in [2.24, 2.45) is 0 Å². The van der Waals surface area contributed by atoms with Crippen LogP contribution in [0.2, 0.25) is 0 Å². The van der Waals surface area contributed by atoms with Crippen molar-refractivity contribution in [1.82, 2.24) is 0 Å². The van der Waals surface area contributed by atoms with Gasteiger partial charge in [0.2, 0.25) is 0 Å². The topological polar surface area (TPSA) is 58.6 Å². The minimum absolute atomic E-state index is 0.167. The Hall–Kier alpha value is -3.34. The molecule has 0 aliphatic carbocycles. The summed E-state index contributed by atoms with van der Waals surface area (Å²) in [6.45, 7) is 6.60. The van der Waals surface area contributed by atoms with Gasteiger partial charge in [0.05, 0.1) is 6.61 Å². The summed E-state index contributed by atoms with van der Waals surface area (Å²) in [6.07, 6.45) is 0.485. The van der Waals surface area contributed by atoms with Crippen LogP contribution in [0.4, 0.5) is 10.1 Å².